The third-order valence-electron chi connectivity index (χ3n) is 4.22. The Balaban J connectivity index is 2.13. The van der Waals surface area contributed by atoms with Gasteiger partial charge >= 0.3 is 149 Å². The molecule has 0 fully saturated rings. The summed E-state index contributed by atoms with van der Waals surface area (Å²) < 4.78 is 1.66. The number of hydrogen-bond acceptors (Lipinski definition) is 0. The molecule has 1 heterocycles. The first-order chi connectivity index (χ1) is 10.9. The number of hydrogen-bond donors (Lipinski definition) is 0. The maximum absolute atomic E-state index is 2.33. The molecule has 0 atom stereocenters. The fourth-order valence-electron chi connectivity index (χ4n) is 3.48. The summed E-state index contributed by atoms with van der Waals surface area (Å²) in [5.41, 5.74) is 11.6. The van der Waals surface area contributed by atoms with Crippen LogP contribution in [-0.2, 0) is 0 Å². The second-order valence-corrected chi connectivity index (χ2v) is 12.6. The van der Waals surface area contributed by atoms with Crippen molar-refractivity contribution in [2.75, 3.05) is 0 Å². The van der Waals surface area contributed by atoms with E-state index < -0.39 is 0 Å². The van der Waals surface area contributed by atoms with E-state index in [9.17, 15) is 0 Å². The summed E-state index contributed by atoms with van der Waals surface area (Å²) in [7, 11) is 1.45. The van der Waals surface area contributed by atoms with Crippen molar-refractivity contribution in [3.8, 4) is 20.3 Å². The van der Waals surface area contributed by atoms with Crippen molar-refractivity contribution < 1.29 is 0 Å². The molecule has 3 heteroatoms. The molecule has 0 bridgehead atoms. The van der Waals surface area contributed by atoms with Gasteiger partial charge in [-0.15, -0.1) is 0 Å². The van der Waals surface area contributed by atoms with Crippen LogP contribution in [0.4, 0.5) is 0 Å². The van der Waals surface area contributed by atoms with Crippen LogP contribution in [-0.4, -0.2) is 14.0 Å². The topological polar surface area (TPSA) is 0 Å². The van der Waals surface area contributed by atoms with Gasteiger partial charge in [0.2, 0.25) is 0 Å². The number of rotatable bonds is 2. The van der Waals surface area contributed by atoms with E-state index in [4.69, 9.17) is 0 Å². The van der Waals surface area contributed by atoms with E-state index >= 15 is 0 Å². The van der Waals surface area contributed by atoms with Crippen LogP contribution in [0.5, 0.6) is 0 Å². The second kappa shape index (κ2) is 6.66. The van der Waals surface area contributed by atoms with Crippen molar-refractivity contribution in [1.29, 1.82) is 0 Å². The van der Waals surface area contributed by atoms with Crippen LogP contribution in [0.15, 0.2) is 24.3 Å². The molecule has 0 unspecified atom stereocenters. The molecule has 0 aliphatic rings. The van der Waals surface area contributed by atoms with Crippen LogP contribution in [0.25, 0.3) is 20.3 Å². The summed E-state index contributed by atoms with van der Waals surface area (Å²) >= 11 is 0.561. The molecule has 0 N–H and O–H groups in total. The third-order valence-corrected chi connectivity index (χ3v) is 12.3. The zero-order valence-corrected chi connectivity index (χ0v) is 18.1. The summed E-state index contributed by atoms with van der Waals surface area (Å²) in [5, 5.41) is 1.61. The van der Waals surface area contributed by atoms with Crippen LogP contribution in [0, 0.1) is 41.5 Å². The first-order valence-corrected chi connectivity index (χ1v) is 12.7. The number of aryl methyl sites for hydroxylation is 6. The predicted octanol–water partition coefficient (Wildman–Crippen LogP) is 7.09. The molecule has 2 aromatic carbocycles. The Labute approximate surface area is 148 Å². The molecule has 1 aromatic heterocycles. The van der Waals surface area contributed by atoms with Crippen molar-refractivity contribution in [1.82, 2.24) is 0 Å². The van der Waals surface area contributed by atoms with Gasteiger partial charge in [-0.1, -0.05) is 0 Å². The van der Waals surface area contributed by atoms with E-state index in [1.54, 1.807) is 9.20 Å². The molecule has 118 valence electrons. The van der Waals surface area contributed by atoms with Crippen LogP contribution < -0.4 is 0 Å². The Morgan fingerprint density at radius 2 is 1.09 bits per heavy atom. The number of benzene rings is 2. The summed E-state index contributed by atoms with van der Waals surface area (Å²) in [4.78, 5) is 0. The van der Waals surface area contributed by atoms with Crippen molar-refractivity contribution in [3.05, 3.63) is 57.6 Å². The Bertz CT molecular complexity index is 772. The first kappa shape index (κ1) is 17.1. The molecule has 3 aromatic rings. The third kappa shape index (κ3) is 3.40. The molecule has 0 spiro atoms. The first-order valence-electron chi connectivity index (χ1n) is 7.87. The quantitative estimate of drug-likeness (QED) is 0.401. The van der Waals surface area contributed by atoms with Gasteiger partial charge in [0, 0.05) is 0 Å². The van der Waals surface area contributed by atoms with E-state index in [1.165, 1.54) is 59.6 Å². The van der Waals surface area contributed by atoms with Crippen LogP contribution in [0.3, 0.4) is 0 Å². The average Bonchev–Trinajstić information content (AvgIpc) is 2.85. The normalized spacial score (nSPS) is 11.7. The molecule has 0 aliphatic heterocycles. The van der Waals surface area contributed by atoms with Gasteiger partial charge in [0.25, 0.3) is 0 Å². The van der Waals surface area contributed by atoms with Gasteiger partial charge in [0.1, 0.15) is 0 Å². The molecule has 0 aliphatic carbocycles. The van der Waals surface area contributed by atoms with Gasteiger partial charge in [-0.2, -0.15) is 0 Å². The maximum atomic E-state index is 2.33. The van der Waals surface area contributed by atoms with E-state index in [-0.39, 0.29) is 0 Å². The molecule has 23 heavy (non-hydrogen) atoms. The molecule has 0 nitrogen and oxygen atoms in total. The van der Waals surface area contributed by atoms with Crippen molar-refractivity contribution in [3.63, 3.8) is 0 Å². The molecule has 0 amide bonds. The Kier molecular flexibility index (Phi) is 4.96. The monoisotopic (exact) mass is 404 g/mol. The SMILES string of the molecule is Cc1cc(C)c(-c2p[se]c(-c3c(C)cc(C)cc3C)p2)c(C)c1. The average molecular weight is 403 g/mol. The zero-order valence-electron chi connectivity index (χ0n) is 14.6. The van der Waals surface area contributed by atoms with Crippen molar-refractivity contribution >= 4 is 29.1 Å². The summed E-state index contributed by atoms with van der Waals surface area (Å²) in [6.45, 7) is 15.0. The minimum atomic E-state index is 0.561. The standard InChI is InChI=1S/C20H22P2Se/c1-11-7-13(3)17(14(4)8-11)19-21-20(23-22-19)18-15(5)9-12(2)10-16(18)6/h7-10H,1-6H3. The molecular formula is C20H22P2Se. The summed E-state index contributed by atoms with van der Waals surface area (Å²) in [5.74, 6) is 0. The molecule has 0 radical (unpaired) electrons. The molecule has 3 rings (SSSR count). The van der Waals surface area contributed by atoms with Gasteiger partial charge in [-0.05, 0) is 0 Å². The fourth-order valence-corrected chi connectivity index (χ4v) is 12.7. The van der Waals surface area contributed by atoms with Crippen LogP contribution in [0.2, 0.25) is 0 Å². The van der Waals surface area contributed by atoms with Gasteiger partial charge in [0.15, 0.2) is 0 Å². The molecular weight excluding hydrogens is 381 g/mol. The van der Waals surface area contributed by atoms with E-state index in [1.807, 2.05) is 0 Å². The van der Waals surface area contributed by atoms with Crippen LogP contribution >= 0.6 is 15.0 Å². The van der Waals surface area contributed by atoms with E-state index in [2.05, 4.69) is 65.8 Å². The van der Waals surface area contributed by atoms with Crippen molar-refractivity contribution in [2.45, 2.75) is 41.5 Å². The van der Waals surface area contributed by atoms with Gasteiger partial charge < -0.3 is 0 Å². The second-order valence-electron chi connectivity index (χ2n) is 6.47. The van der Waals surface area contributed by atoms with E-state index in [0.717, 1.165) is 0 Å². The molecule has 0 saturated carbocycles. The predicted molar refractivity (Wildman–Crippen MR) is 108 cm³/mol. The Morgan fingerprint density at radius 1 is 0.652 bits per heavy atom. The zero-order chi connectivity index (χ0) is 16.7. The van der Waals surface area contributed by atoms with Crippen LogP contribution in [0.1, 0.15) is 33.4 Å². The Hall–Kier alpha value is -0.701. The van der Waals surface area contributed by atoms with Gasteiger partial charge in [0.05, 0.1) is 0 Å². The minimum absolute atomic E-state index is 0.561. The Morgan fingerprint density at radius 3 is 1.57 bits per heavy atom. The van der Waals surface area contributed by atoms with E-state index in [0.29, 0.717) is 14.0 Å². The van der Waals surface area contributed by atoms with Gasteiger partial charge in [-0.25, -0.2) is 0 Å². The van der Waals surface area contributed by atoms with Gasteiger partial charge in [-0.3, -0.25) is 0 Å². The fraction of sp³-hybridized carbons (Fsp3) is 0.300. The van der Waals surface area contributed by atoms with Crippen molar-refractivity contribution in [2.24, 2.45) is 0 Å². The summed E-state index contributed by atoms with van der Waals surface area (Å²) in [6, 6.07) is 9.32. The summed E-state index contributed by atoms with van der Waals surface area (Å²) in [6.07, 6.45) is 0. The molecule has 0 saturated heterocycles.